The minimum atomic E-state index is -0.654. The molecular weight excluding hydrogens is 446 g/mol. The molecule has 0 fully saturated rings. The van der Waals surface area contributed by atoms with Crippen LogP contribution in [0.5, 0.6) is 11.5 Å². The van der Waals surface area contributed by atoms with Gasteiger partial charge in [-0.05, 0) is 27.7 Å². The van der Waals surface area contributed by atoms with E-state index < -0.39 is 23.7 Å². The second-order valence-electron chi connectivity index (χ2n) is 7.66. The Morgan fingerprint density at radius 3 is 2.03 bits per heavy atom. The van der Waals surface area contributed by atoms with Crippen LogP contribution in [0.25, 0.3) is 11.0 Å². The van der Waals surface area contributed by atoms with Crippen molar-refractivity contribution in [2.24, 2.45) is 0 Å². The molecule has 1 aromatic carbocycles. The molecule has 0 aliphatic carbocycles. The second kappa shape index (κ2) is 9.50. The van der Waals surface area contributed by atoms with Crippen molar-refractivity contribution in [3.05, 3.63) is 39.8 Å². The van der Waals surface area contributed by atoms with Crippen LogP contribution in [0.15, 0.2) is 8.83 Å². The number of nitrogens with zero attached hydrogens (tertiary/aromatic N) is 1. The molecule has 0 saturated carbocycles. The number of rotatable bonds is 7. The van der Waals surface area contributed by atoms with Crippen LogP contribution in [0.4, 0.5) is 0 Å². The maximum Gasteiger partial charge on any atom is 0.360 e. The molecule has 2 aromatic heterocycles. The Labute approximate surface area is 195 Å². The highest BCUT2D eigenvalue weighted by atomic mass is 16.5. The molecule has 2 heterocycles. The number of esters is 3. The fraction of sp³-hybridized carbons (Fsp3) is 0.375. The number of fused-ring (bicyclic) bond motifs is 1. The van der Waals surface area contributed by atoms with E-state index in [4.69, 9.17) is 23.0 Å². The third-order valence-corrected chi connectivity index (χ3v) is 5.05. The molecular formula is C24H25NO9. The number of hydrogen-bond donors (Lipinski definition) is 0. The van der Waals surface area contributed by atoms with Gasteiger partial charge in [-0.2, -0.15) is 0 Å². The lowest BCUT2D eigenvalue weighted by Gasteiger charge is -2.15. The Hall–Kier alpha value is -3.95. The van der Waals surface area contributed by atoms with Crippen LogP contribution in [0, 0.1) is 20.8 Å². The molecule has 0 amide bonds. The Morgan fingerprint density at radius 2 is 1.47 bits per heavy atom. The maximum atomic E-state index is 12.6. The molecule has 0 unspecified atom stereocenters. The second-order valence-corrected chi connectivity index (χ2v) is 7.66. The van der Waals surface area contributed by atoms with Gasteiger partial charge >= 0.3 is 17.9 Å². The van der Waals surface area contributed by atoms with Gasteiger partial charge in [-0.1, -0.05) is 0 Å². The number of furan rings is 1. The summed E-state index contributed by atoms with van der Waals surface area (Å²) >= 11 is 0. The molecule has 0 aliphatic heterocycles. The zero-order chi connectivity index (χ0) is 25.3. The zero-order valence-electron chi connectivity index (χ0n) is 20.0. The topological polar surface area (TPSA) is 135 Å². The highest BCUT2D eigenvalue weighted by Gasteiger charge is 2.30. The normalized spacial score (nSPS) is 10.9. The fourth-order valence-electron chi connectivity index (χ4n) is 3.72. The Bertz CT molecular complexity index is 1330. The van der Waals surface area contributed by atoms with Crippen molar-refractivity contribution in [1.82, 2.24) is 4.98 Å². The van der Waals surface area contributed by atoms with E-state index in [9.17, 15) is 19.2 Å². The van der Waals surface area contributed by atoms with E-state index in [1.807, 2.05) is 0 Å². The van der Waals surface area contributed by atoms with E-state index in [1.54, 1.807) is 27.7 Å². The number of ether oxygens (including phenoxy) is 3. The summed E-state index contributed by atoms with van der Waals surface area (Å²) in [6, 6.07) is 0. The molecule has 0 N–H and O–H groups in total. The highest BCUT2D eigenvalue weighted by molar-refractivity contribution is 6.11. The molecule has 0 radical (unpaired) electrons. The first-order valence-electron chi connectivity index (χ1n) is 10.6. The smallest absolute Gasteiger partial charge is 0.360 e. The lowest BCUT2D eigenvalue weighted by atomic mass is 9.99. The first-order chi connectivity index (χ1) is 16.0. The van der Waals surface area contributed by atoms with Gasteiger partial charge in [0.05, 0.1) is 18.4 Å². The molecule has 0 spiro atoms. The van der Waals surface area contributed by atoms with Crippen molar-refractivity contribution >= 4 is 34.7 Å². The monoisotopic (exact) mass is 471 g/mol. The molecule has 10 heteroatoms. The zero-order valence-corrected chi connectivity index (χ0v) is 20.0. The van der Waals surface area contributed by atoms with Gasteiger partial charge < -0.3 is 23.0 Å². The van der Waals surface area contributed by atoms with Gasteiger partial charge in [-0.15, -0.1) is 0 Å². The standard InChI is InChI=1S/C24H25NO9/c1-8-30-24(29)20-17(31-13(5)25-20)9-16-10(2)18-21(32-14(6)27)11(3)22(33-15(7)28)19(12(4)26)23(18)34-16/h8-9H2,1-7H3. The van der Waals surface area contributed by atoms with Crippen molar-refractivity contribution in [2.45, 2.75) is 54.9 Å². The average Bonchev–Trinajstić information content (AvgIpc) is 3.24. The number of oxazole rings is 1. The molecule has 0 saturated heterocycles. The third-order valence-electron chi connectivity index (χ3n) is 5.05. The minimum absolute atomic E-state index is 0.00824. The van der Waals surface area contributed by atoms with Gasteiger partial charge in [0, 0.05) is 31.9 Å². The summed E-state index contributed by atoms with van der Waals surface area (Å²) in [6.07, 6.45) is 0.00824. The maximum absolute atomic E-state index is 12.6. The van der Waals surface area contributed by atoms with Gasteiger partial charge in [0.1, 0.15) is 22.8 Å². The van der Waals surface area contributed by atoms with Crippen LogP contribution in [0.1, 0.15) is 77.1 Å². The summed E-state index contributed by atoms with van der Waals surface area (Å²) < 4.78 is 27.5. The Kier molecular flexibility index (Phi) is 6.90. The van der Waals surface area contributed by atoms with Crippen molar-refractivity contribution in [3.63, 3.8) is 0 Å². The molecule has 0 bridgehead atoms. The number of carbonyl (C=O) groups is 4. The van der Waals surface area contributed by atoms with Gasteiger partial charge in [-0.3, -0.25) is 14.4 Å². The Morgan fingerprint density at radius 1 is 0.853 bits per heavy atom. The van der Waals surface area contributed by atoms with E-state index in [0.29, 0.717) is 22.3 Å². The summed E-state index contributed by atoms with van der Waals surface area (Å²) in [4.78, 5) is 52.6. The van der Waals surface area contributed by atoms with Crippen LogP contribution in [0.3, 0.4) is 0 Å². The predicted molar refractivity (Wildman–Crippen MR) is 118 cm³/mol. The molecule has 10 nitrogen and oxygen atoms in total. The van der Waals surface area contributed by atoms with E-state index >= 15 is 0 Å². The van der Waals surface area contributed by atoms with Crippen molar-refractivity contribution in [2.75, 3.05) is 6.61 Å². The van der Waals surface area contributed by atoms with Crippen LogP contribution in [0.2, 0.25) is 0 Å². The van der Waals surface area contributed by atoms with E-state index in [-0.39, 0.29) is 53.0 Å². The van der Waals surface area contributed by atoms with Crippen LogP contribution in [-0.2, 0) is 20.7 Å². The summed E-state index contributed by atoms with van der Waals surface area (Å²) in [5.41, 5.74) is 0.985. The third kappa shape index (κ3) is 4.57. The van der Waals surface area contributed by atoms with E-state index in [1.165, 1.54) is 20.8 Å². The first kappa shape index (κ1) is 24.7. The molecule has 3 rings (SSSR count). The molecule has 3 aromatic rings. The number of ketones is 1. The van der Waals surface area contributed by atoms with Crippen LogP contribution < -0.4 is 9.47 Å². The van der Waals surface area contributed by atoms with Crippen molar-refractivity contribution < 1.29 is 42.2 Å². The number of aromatic nitrogens is 1. The summed E-state index contributed by atoms with van der Waals surface area (Å²) in [7, 11) is 0. The highest BCUT2D eigenvalue weighted by Crippen LogP contribution is 2.45. The van der Waals surface area contributed by atoms with Gasteiger partial charge in [0.25, 0.3) is 0 Å². The number of benzene rings is 1. The summed E-state index contributed by atoms with van der Waals surface area (Å²) in [5.74, 6) is -1.43. The summed E-state index contributed by atoms with van der Waals surface area (Å²) in [6.45, 7) is 10.5. The molecule has 34 heavy (non-hydrogen) atoms. The van der Waals surface area contributed by atoms with Crippen LogP contribution >= 0.6 is 0 Å². The number of aryl methyl sites for hydroxylation is 2. The largest absolute Gasteiger partial charge is 0.461 e. The quantitative estimate of drug-likeness (QED) is 0.281. The van der Waals surface area contributed by atoms with Gasteiger partial charge in [-0.25, -0.2) is 9.78 Å². The first-order valence-corrected chi connectivity index (χ1v) is 10.6. The number of hydrogen-bond acceptors (Lipinski definition) is 10. The predicted octanol–water partition coefficient (Wildman–Crippen LogP) is 4.17. The van der Waals surface area contributed by atoms with Crippen molar-refractivity contribution in [1.29, 1.82) is 0 Å². The average molecular weight is 471 g/mol. The summed E-state index contributed by atoms with van der Waals surface area (Å²) in [5, 5.41) is 0.373. The SMILES string of the molecule is CCOC(=O)c1nc(C)oc1Cc1oc2c(C(C)=O)c(OC(C)=O)c(C)c(OC(C)=O)c2c1C. The molecule has 0 aliphatic rings. The minimum Gasteiger partial charge on any atom is -0.461 e. The van der Waals surface area contributed by atoms with E-state index in [0.717, 1.165) is 0 Å². The fourth-order valence-corrected chi connectivity index (χ4v) is 3.72. The van der Waals surface area contributed by atoms with Crippen LogP contribution in [-0.4, -0.2) is 35.3 Å². The Balaban J connectivity index is 2.30. The van der Waals surface area contributed by atoms with E-state index in [2.05, 4.69) is 4.98 Å². The van der Waals surface area contributed by atoms with Crippen molar-refractivity contribution in [3.8, 4) is 11.5 Å². The lowest BCUT2D eigenvalue weighted by molar-refractivity contribution is -0.132. The molecule has 0 atom stereocenters. The number of carbonyl (C=O) groups excluding carboxylic acids is 4. The molecule has 180 valence electrons. The number of Topliss-reactive ketones (excluding diaryl/α,β-unsaturated/α-hetero) is 1. The lowest BCUT2D eigenvalue weighted by Crippen LogP contribution is -2.11. The van der Waals surface area contributed by atoms with Gasteiger partial charge in [0.15, 0.2) is 28.7 Å². The van der Waals surface area contributed by atoms with Gasteiger partial charge in [0.2, 0.25) is 0 Å².